The SMILES string of the molecule is CC1(C)CCC(N2CC3CNCC3C2)c2ccccc21. The van der Waals surface area contributed by atoms with Crippen LogP contribution in [0.5, 0.6) is 0 Å². The maximum absolute atomic E-state index is 3.55. The first-order chi connectivity index (χ1) is 9.65. The number of nitrogens with one attached hydrogen (secondary N) is 1. The summed E-state index contributed by atoms with van der Waals surface area (Å²) in [7, 11) is 0. The Bertz CT molecular complexity index is 496. The zero-order valence-electron chi connectivity index (χ0n) is 12.7. The van der Waals surface area contributed by atoms with Crippen molar-refractivity contribution in [2.75, 3.05) is 26.2 Å². The van der Waals surface area contributed by atoms with E-state index in [-0.39, 0.29) is 0 Å². The predicted molar refractivity (Wildman–Crippen MR) is 82.9 cm³/mol. The van der Waals surface area contributed by atoms with E-state index < -0.39 is 0 Å². The molecule has 20 heavy (non-hydrogen) atoms. The van der Waals surface area contributed by atoms with Crippen LogP contribution in [-0.4, -0.2) is 31.1 Å². The van der Waals surface area contributed by atoms with Gasteiger partial charge < -0.3 is 5.32 Å². The van der Waals surface area contributed by atoms with Crippen molar-refractivity contribution >= 4 is 0 Å². The molecule has 0 bridgehead atoms. The second-order valence-electron chi connectivity index (χ2n) is 7.66. The molecular weight excluding hydrogens is 244 g/mol. The van der Waals surface area contributed by atoms with Crippen LogP contribution >= 0.6 is 0 Å². The van der Waals surface area contributed by atoms with Gasteiger partial charge in [0, 0.05) is 19.1 Å². The van der Waals surface area contributed by atoms with Crippen molar-refractivity contribution in [2.24, 2.45) is 11.8 Å². The van der Waals surface area contributed by atoms with E-state index in [4.69, 9.17) is 0 Å². The zero-order valence-corrected chi connectivity index (χ0v) is 12.7. The van der Waals surface area contributed by atoms with Gasteiger partial charge in [-0.2, -0.15) is 0 Å². The van der Waals surface area contributed by atoms with Gasteiger partial charge >= 0.3 is 0 Å². The van der Waals surface area contributed by atoms with Gasteiger partial charge in [-0.25, -0.2) is 0 Å². The van der Waals surface area contributed by atoms with Gasteiger partial charge in [0.2, 0.25) is 0 Å². The maximum atomic E-state index is 3.55. The fourth-order valence-corrected chi connectivity index (χ4v) is 4.72. The van der Waals surface area contributed by atoms with E-state index in [9.17, 15) is 0 Å². The lowest BCUT2D eigenvalue weighted by molar-refractivity contribution is 0.188. The van der Waals surface area contributed by atoms with Crippen LogP contribution in [0.3, 0.4) is 0 Å². The molecule has 3 unspecified atom stereocenters. The van der Waals surface area contributed by atoms with Crippen LogP contribution in [0.1, 0.15) is 43.9 Å². The second kappa shape index (κ2) is 4.57. The van der Waals surface area contributed by atoms with Crippen molar-refractivity contribution in [1.82, 2.24) is 10.2 Å². The molecule has 2 heterocycles. The van der Waals surface area contributed by atoms with E-state index in [0.717, 1.165) is 11.8 Å². The monoisotopic (exact) mass is 270 g/mol. The van der Waals surface area contributed by atoms with Gasteiger partial charge in [-0.15, -0.1) is 0 Å². The Hall–Kier alpha value is -0.860. The topological polar surface area (TPSA) is 15.3 Å². The molecule has 0 amide bonds. The summed E-state index contributed by atoms with van der Waals surface area (Å²) < 4.78 is 0. The van der Waals surface area contributed by atoms with E-state index in [0.29, 0.717) is 11.5 Å². The fraction of sp³-hybridized carbons (Fsp3) is 0.667. The standard InChI is InChI=1S/C18H26N2/c1-18(2)8-7-17(15-5-3-4-6-16(15)18)20-11-13-9-19-10-14(13)12-20/h3-6,13-14,17,19H,7-12H2,1-2H3. The average molecular weight is 270 g/mol. The maximum Gasteiger partial charge on any atom is 0.0351 e. The Balaban J connectivity index is 1.64. The first kappa shape index (κ1) is 12.8. The molecule has 2 aliphatic heterocycles. The summed E-state index contributed by atoms with van der Waals surface area (Å²) in [6.45, 7) is 9.89. The molecule has 1 N–H and O–H groups in total. The molecule has 1 aromatic rings. The highest BCUT2D eigenvalue weighted by Gasteiger charge is 2.42. The Kier molecular flexibility index (Phi) is 2.94. The summed E-state index contributed by atoms with van der Waals surface area (Å²) in [5.41, 5.74) is 3.55. The summed E-state index contributed by atoms with van der Waals surface area (Å²) in [6.07, 6.45) is 2.65. The molecule has 4 rings (SSSR count). The summed E-state index contributed by atoms with van der Waals surface area (Å²) in [4.78, 5) is 2.78. The molecule has 0 radical (unpaired) electrons. The summed E-state index contributed by atoms with van der Waals surface area (Å²) in [5.74, 6) is 1.80. The van der Waals surface area contributed by atoms with Gasteiger partial charge in [-0.3, -0.25) is 4.90 Å². The molecule has 2 nitrogen and oxygen atoms in total. The van der Waals surface area contributed by atoms with Gasteiger partial charge in [0.25, 0.3) is 0 Å². The molecule has 0 spiro atoms. The van der Waals surface area contributed by atoms with E-state index in [1.54, 1.807) is 11.1 Å². The number of likely N-dealkylation sites (tertiary alicyclic amines) is 1. The number of hydrogen-bond donors (Lipinski definition) is 1. The van der Waals surface area contributed by atoms with Crippen LogP contribution in [-0.2, 0) is 5.41 Å². The van der Waals surface area contributed by atoms with Gasteiger partial charge in [0.1, 0.15) is 0 Å². The summed E-state index contributed by atoms with van der Waals surface area (Å²) in [5, 5.41) is 3.55. The lowest BCUT2D eigenvalue weighted by Crippen LogP contribution is -2.36. The normalized spacial score (nSPS) is 35.8. The van der Waals surface area contributed by atoms with E-state index in [1.165, 1.54) is 39.0 Å². The van der Waals surface area contributed by atoms with Gasteiger partial charge in [0.15, 0.2) is 0 Å². The third-order valence-corrected chi connectivity index (χ3v) is 5.95. The minimum absolute atomic E-state index is 0.351. The quantitative estimate of drug-likeness (QED) is 0.844. The lowest BCUT2D eigenvalue weighted by Gasteiger charge is -2.41. The molecule has 0 saturated carbocycles. The minimum Gasteiger partial charge on any atom is -0.316 e. The number of nitrogens with zero attached hydrogens (tertiary/aromatic N) is 1. The number of benzene rings is 1. The van der Waals surface area contributed by atoms with E-state index >= 15 is 0 Å². The van der Waals surface area contributed by atoms with E-state index in [1.807, 2.05) is 0 Å². The third kappa shape index (κ3) is 1.93. The first-order valence-electron chi connectivity index (χ1n) is 8.19. The fourth-order valence-electron chi connectivity index (χ4n) is 4.72. The second-order valence-corrected chi connectivity index (χ2v) is 7.66. The van der Waals surface area contributed by atoms with Crippen LogP contribution in [0, 0.1) is 11.8 Å². The smallest absolute Gasteiger partial charge is 0.0351 e. The Labute approximate surface area is 122 Å². The van der Waals surface area contributed by atoms with Crippen molar-refractivity contribution in [1.29, 1.82) is 0 Å². The highest BCUT2D eigenvalue weighted by Crippen LogP contribution is 2.45. The minimum atomic E-state index is 0.351. The molecule has 2 saturated heterocycles. The largest absolute Gasteiger partial charge is 0.316 e. The molecule has 1 aliphatic carbocycles. The number of hydrogen-bond acceptors (Lipinski definition) is 2. The van der Waals surface area contributed by atoms with Crippen LogP contribution in [0.15, 0.2) is 24.3 Å². The molecule has 3 aliphatic rings. The van der Waals surface area contributed by atoms with Gasteiger partial charge in [0.05, 0.1) is 0 Å². The zero-order chi connectivity index (χ0) is 13.7. The molecule has 2 fully saturated rings. The molecule has 1 aromatic carbocycles. The lowest BCUT2D eigenvalue weighted by atomic mass is 9.70. The number of rotatable bonds is 1. The number of fused-ring (bicyclic) bond motifs is 2. The van der Waals surface area contributed by atoms with Crippen LogP contribution in [0.25, 0.3) is 0 Å². The Morgan fingerprint density at radius 2 is 1.80 bits per heavy atom. The summed E-state index contributed by atoms with van der Waals surface area (Å²) >= 11 is 0. The summed E-state index contributed by atoms with van der Waals surface area (Å²) in [6, 6.07) is 9.86. The van der Waals surface area contributed by atoms with E-state index in [2.05, 4.69) is 48.3 Å². The van der Waals surface area contributed by atoms with Crippen LogP contribution < -0.4 is 5.32 Å². The average Bonchev–Trinajstić information content (AvgIpc) is 3.00. The van der Waals surface area contributed by atoms with Gasteiger partial charge in [-0.05, 0) is 54.3 Å². The highest BCUT2D eigenvalue weighted by molar-refractivity contribution is 5.38. The van der Waals surface area contributed by atoms with Crippen LogP contribution in [0.2, 0.25) is 0 Å². The molecule has 2 heteroatoms. The Morgan fingerprint density at radius 3 is 2.55 bits per heavy atom. The van der Waals surface area contributed by atoms with Crippen molar-refractivity contribution in [3.05, 3.63) is 35.4 Å². The highest BCUT2D eigenvalue weighted by atomic mass is 15.2. The first-order valence-corrected chi connectivity index (χ1v) is 8.19. The van der Waals surface area contributed by atoms with Crippen molar-refractivity contribution in [2.45, 2.75) is 38.1 Å². The van der Waals surface area contributed by atoms with Gasteiger partial charge in [-0.1, -0.05) is 38.1 Å². The molecular formula is C18H26N2. The third-order valence-electron chi connectivity index (χ3n) is 5.95. The molecule has 0 aromatic heterocycles. The Morgan fingerprint density at radius 1 is 1.10 bits per heavy atom. The molecule has 3 atom stereocenters. The van der Waals surface area contributed by atoms with Crippen molar-refractivity contribution in [3.63, 3.8) is 0 Å². The van der Waals surface area contributed by atoms with Crippen molar-refractivity contribution in [3.8, 4) is 0 Å². The predicted octanol–water partition coefficient (Wildman–Crippen LogP) is 2.95. The molecule has 108 valence electrons. The van der Waals surface area contributed by atoms with Crippen LogP contribution in [0.4, 0.5) is 0 Å². The van der Waals surface area contributed by atoms with Crippen molar-refractivity contribution < 1.29 is 0 Å².